The quantitative estimate of drug-likeness (QED) is 0.128. The molecule has 3 aromatic rings. The van der Waals surface area contributed by atoms with Crippen LogP contribution in [0.5, 0.6) is 11.5 Å². The van der Waals surface area contributed by atoms with E-state index in [0.717, 1.165) is 24.9 Å². The number of nitrogens with zero attached hydrogens (tertiary/aromatic N) is 1. The molecule has 1 amide bonds. The van der Waals surface area contributed by atoms with Crippen molar-refractivity contribution in [2.75, 3.05) is 18.5 Å². The summed E-state index contributed by atoms with van der Waals surface area (Å²) in [4.78, 5) is 12.6. The fourth-order valence-corrected chi connectivity index (χ4v) is 5.44. The molecule has 0 fully saturated rings. The number of aromatic nitrogens is 1. The van der Waals surface area contributed by atoms with E-state index in [2.05, 4.69) is 34.6 Å². The zero-order chi connectivity index (χ0) is 28.4. The number of halogens is 2. The molecule has 1 N–H and O–H groups in total. The molecule has 0 saturated carbocycles. The van der Waals surface area contributed by atoms with Gasteiger partial charge in [-0.25, -0.2) is 4.39 Å². The Bertz CT molecular complexity index is 1160. The van der Waals surface area contributed by atoms with Gasteiger partial charge in [0, 0.05) is 18.2 Å². The number of hydrogen-bond donors (Lipinski definition) is 1. The standard InChI is InChI=1S/C33H45FN2O3S.BrH/c1-3-4-5-6-7-8-9-10-11-12-13-14-21-38-33-30(34)19-16-20-31(33)39-24-32(37)35-29-18-15-17-28(22-29)23-36-26-40-25-27(36)2;/h15-20,22,25-26H,3-14,21,23-24H2,1-2H3;1H. The van der Waals surface area contributed by atoms with Gasteiger partial charge in [-0.05, 0) is 30.7 Å². The van der Waals surface area contributed by atoms with Gasteiger partial charge in [-0.2, -0.15) is 4.57 Å². The highest BCUT2D eigenvalue weighted by molar-refractivity contribution is 7.07. The molecule has 0 aliphatic carbocycles. The zero-order valence-corrected chi connectivity index (χ0v) is 27.0. The lowest BCUT2D eigenvalue weighted by Gasteiger charge is -2.13. The number of amides is 1. The summed E-state index contributed by atoms with van der Waals surface area (Å²) in [5, 5.41) is 4.97. The SMILES string of the molecule is CCCCCCCCCCCCCCOc1c(F)cccc1OCC(=O)Nc1cccc(C[n+]2cscc2C)c1.[Br-]. The van der Waals surface area contributed by atoms with E-state index in [4.69, 9.17) is 9.47 Å². The Morgan fingerprint density at radius 3 is 2.22 bits per heavy atom. The van der Waals surface area contributed by atoms with Crippen molar-refractivity contribution in [2.24, 2.45) is 0 Å². The third-order valence-corrected chi connectivity index (χ3v) is 7.83. The van der Waals surface area contributed by atoms with E-state index in [1.807, 2.05) is 24.3 Å². The van der Waals surface area contributed by atoms with Gasteiger partial charge in [-0.3, -0.25) is 4.79 Å². The van der Waals surface area contributed by atoms with Crippen molar-refractivity contribution in [1.29, 1.82) is 0 Å². The molecule has 1 aromatic heterocycles. The Morgan fingerprint density at radius 1 is 0.902 bits per heavy atom. The first kappa shape index (κ1) is 34.7. The molecule has 0 aliphatic heterocycles. The highest BCUT2D eigenvalue weighted by atomic mass is 79.9. The minimum Gasteiger partial charge on any atom is -1.00 e. The zero-order valence-electron chi connectivity index (χ0n) is 24.6. The smallest absolute Gasteiger partial charge is 0.262 e. The van der Waals surface area contributed by atoms with Crippen LogP contribution >= 0.6 is 11.3 Å². The summed E-state index contributed by atoms with van der Waals surface area (Å²) >= 11 is 1.66. The maximum Gasteiger partial charge on any atom is 0.262 e. The minimum atomic E-state index is -0.481. The van der Waals surface area contributed by atoms with Crippen LogP contribution in [0.1, 0.15) is 95.2 Å². The molecule has 41 heavy (non-hydrogen) atoms. The maximum absolute atomic E-state index is 14.5. The largest absolute Gasteiger partial charge is 1.00 e. The third-order valence-electron chi connectivity index (χ3n) is 6.98. The van der Waals surface area contributed by atoms with E-state index in [0.29, 0.717) is 12.3 Å². The summed E-state index contributed by atoms with van der Waals surface area (Å²) in [6, 6.07) is 12.3. The van der Waals surface area contributed by atoms with Gasteiger partial charge in [-0.1, -0.05) is 107 Å². The van der Waals surface area contributed by atoms with Gasteiger partial charge in [0.15, 0.2) is 36.2 Å². The number of unbranched alkanes of at least 4 members (excludes halogenated alkanes) is 11. The second kappa shape index (κ2) is 20.4. The van der Waals surface area contributed by atoms with E-state index in [-0.39, 0.29) is 41.0 Å². The number of carbonyl (C=O) groups is 1. The van der Waals surface area contributed by atoms with Crippen LogP contribution in [0.4, 0.5) is 10.1 Å². The number of carbonyl (C=O) groups excluding carboxylic acids is 1. The first-order valence-corrected chi connectivity index (χ1v) is 15.9. The van der Waals surface area contributed by atoms with Crippen LogP contribution in [0.15, 0.2) is 53.4 Å². The molecule has 0 spiro atoms. The lowest BCUT2D eigenvalue weighted by atomic mass is 10.1. The molecule has 8 heteroatoms. The van der Waals surface area contributed by atoms with Crippen LogP contribution in [0, 0.1) is 12.7 Å². The Morgan fingerprint density at radius 2 is 1.56 bits per heavy atom. The molecule has 2 aromatic carbocycles. The Balaban J connectivity index is 0.00000588. The highest BCUT2D eigenvalue weighted by Gasteiger charge is 2.14. The van der Waals surface area contributed by atoms with Crippen LogP contribution < -0.4 is 36.3 Å². The van der Waals surface area contributed by atoms with Gasteiger partial charge in [0.2, 0.25) is 5.51 Å². The number of hydrogen-bond acceptors (Lipinski definition) is 4. The molecule has 0 unspecified atom stereocenters. The van der Waals surface area contributed by atoms with Crippen LogP contribution in [0.2, 0.25) is 0 Å². The van der Waals surface area contributed by atoms with Crippen LogP contribution in [0.25, 0.3) is 0 Å². The summed E-state index contributed by atoms with van der Waals surface area (Å²) in [6.45, 7) is 5.25. The lowest BCUT2D eigenvalue weighted by Crippen LogP contribution is -3.00. The molecule has 3 rings (SSSR count). The highest BCUT2D eigenvalue weighted by Crippen LogP contribution is 2.30. The van der Waals surface area contributed by atoms with Crippen molar-refractivity contribution in [3.63, 3.8) is 0 Å². The number of anilines is 1. The average Bonchev–Trinajstić information content (AvgIpc) is 3.35. The molecule has 0 saturated heterocycles. The van der Waals surface area contributed by atoms with Crippen molar-refractivity contribution in [3.8, 4) is 11.5 Å². The number of thiazole rings is 1. The van der Waals surface area contributed by atoms with E-state index in [1.54, 1.807) is 23.5 Å². The van der Waals surface area contributed by atoms with Crippen molar-refractivity contribution in [3.05, 3.63) is 70.4 Å². The Kier molecular flexibility index (Phi) is 17.3. The molecular formula is C33H46BrFN2O3S. The molecule has 5 nitrogen and oxygen atoms in total. The summed E-state index contributed by atoms with van der Waals surface area (Å²) in [5.41, 5.74) is 5.05. The summed E-state index contributed by atoms with van der Waals surface area (Å²) < 4.78 is 28.1. The van der Waals surface area contributed by atoms with Crippen LogP contribution in [-0.4, -0.2) is 19.1 Å². The molecule has 0 aliphatic rings. The second-order valence-corrected chi connectivity index (χ2v) is 11.2. The van der Waals surface area contributed by atoms with Gasteiger partial charge in [-0.15, -0.1) is 0 Å². The topological polar surface area (TPSA) is 51.4 Å². The first-order chi connectivity index (χ1) is 19.6. The molecule has 1 heterocycles. The normalized spacial score (nSPS) is 10.7. The predicted octanol–water partition coefficient (Wildman–Crippen LogP) is 5.63. The van der Waals surface area contributed by atoms with Gasteiger partial charge < -0.3 is 31.8 Å². The summed E-state index contributed by atoms with van der Waals surface area (Å²) in [6.07, 6.45) is 15.1. The molecule has 226 valence electrons. The third kappa shape index (κ3) is 13.4. The minimum absolute atomic E-state index is 0. The van der Waals surface area contributed by atoms with Gasteiger partial charge in [0.05, 0.1) is 12.0 Å². The average molecular weight is 650 g/mol. The molecule has 0 atom stereocenters. The van der Waals surface area contributed by atoms with Crippen molar-refractivity contribution in [1.82, 2.24) is 0 Å². The van der Waals surface area contributed by atoms with Gasteiger partial charge in [0.1, 0.15) is 0 Å². The maximum atomic E-state index is 14.5. The first-order valence-electron chi connectivity index (χ1n) is 14.9. The number of aryl methyl sites for hydroxylation is 1. The van der Waals surface area contributed by atoms with E-state index >= 15 is 0 Å². The lowest BCUT2D eigenvalue weighted by molar-refractivity contribution is -0.689. The Hall–Kier alpha value is -2.45. The number of benzene rings is 2. The van der Waals surface area contributed by atoms with Crippen molar-refractivity contribution in [2.45, 2.75) is 97.4 Å². The van der Waals surface area contributed by atoms with E-state index in [1.165, 1.54) is 76.0 Å². The van der Waals surface area contributed by atoms with E-state index in [9.17, 15) is 9.18 Å². The number of nitrogens with one attached hydrogen (secondary N) is 1. The monoisotopic (exact) mass is 648 g/mol. The van der Waals surface area contributed by atoms with Crippen LogP contribution in [-0.2, 0) is 11.3 Å². The van der Waals surface area contributed by atoms with Gasteiger partial charge >= 0.3 is 0 Å². The summed E-state index contributed by atoms with van der Waals surface area (Å²) in [7, 11) is 0. The molecular weight excluding hydrogens is 603 g/mol. The van der Waals surface area contributed by atoms with Crippen molar-refractivity contribution >= 4 is 22.9 Å². The van der Waals surface area contributed by atoms with E-state index < -0.39 is 5.82 Å². The fourth-order valence-electron chi connectivity index (χ4n) is 4.66. The fraction of sp³-hybridized carbons (Fsp3) is 0.515. The van der Waals surface area contributed by atoms with Crippen molar-refractivity contribution < 1.29 is 40.2 Å². The Labute approximate surface area is 260 Å². The summed E-state index contributed by atoms with van der Waals surface area (Å²) in [5.74, 6) is -0.478. The molecule has 0 radical (unpaired) electrons. The number of rotatable bonds is 20. The predicted molar refractivity (Wildman–Crippen MR) is 162 cm³/mol. The van der Waals surface area contributed by atoms with Crippen LogP contribution in [0.3, 0.4) is 0 Å². The van der Waals surface area contributed by atoms with Gasteiger partial charge in [0.25, 0.3) is 5.91 Å². The number of para-hydroxylation sites is 1. The second-order valence-electron chi connectivity index (χ2n) is 10.5. The molecule has 0 bridgehead atoms. The number of ether oxygens (including phenoxy) is 2.